The van der Waals surface area contributed by atoms with Crippen molar-refractivity contribution in [2.24, 2.45) is 5.92 Å². The lowest BCUT2D eigenvalue weighted by molar-refractivity contribution is -0.348. The van der Waals surface area contributed by atoms with Gasteiger partial charge in [-0.1, -0.05) is 18.2 Å². The van der Waals surface area contributed by atoms with Gasteiger partial charge >= 0.3 is 18.0 Å². The fourth-order valence-electron chi connectivity index (χ4n) is 6.30. The van der Waals surface area contributed by atoms with Crippen LogP contribution >= 0.6 is 0 Å². The predicted molar refractivity (Wildman–Crippen MR) is 123 cm³/mol. The number of benzene rings is 2. The van der Waals surface area contributed by atoms with E-state index in [0.29, 0.717) is 6.07 Å². The second-order valence-electron chi connectivity index (χ2n) is 10.5. The number of nitrogens with zero attached hydrogens (tertiary/aromatic N) is 1. The molecule has 0 unspecified atom stereocenters. The molecule has 5 rings (SSSR count). The zero-order chi connectivity index (χ0) is 29.5. The molecule has 1 saturated carbocycles. The number of alkyl halides is 8. The molecule has 1 heterocycles. The van der Waals surface area contributed by atoms with Crippen LogP contribution in [0.2, 0.25) is 0 Å². The number of halogens is 9. The van der Waals surface area contributed by atoms with Crippen LogP contribution in [0, 0.1) is 11.7 Å². The number of hydrogen-bond acceptors (Lipinski definition) is 3. The van der Waals surface area contributed by atoms with Crippen molar-refractivity contribution in [1.29, 1.82) is 0 Å². The van der Waals surface area contributed by atoms with Gasteiger partial charge in [-0.3, -0.25) is 4.79 Å². The summed E-state index contributed by atoms with van der Waals surface area (Å²) in [5.41, 5.74) is -7.85. The zero-order valence-corrected chi connectivity index (χ0v) is 21.3. The van der Waals surface area contributed by atoms with E-state index < -0.39 is 68.0 Å². The van der Waals surface area contributed by atoms with Gasteiger partial charge in [-0.2, -0.15) is 26.3 Å². The van der Waals surface area contributed by atoms with Crippen LogP contribution in [0.4, 0.5) is 39.5 Å². The van der Waals surface area contributed by atoms with Crippen molar-refractivity contribution < 1.29 is 52.7 Å². The quantitative estimate of drug-likeness (QED) is 0.316. The smallest absolute Gasteiger partial charge is 0.337 e. The van der Waals surface area contributed by atoms with Crippen LogP contribution < -0.4 is 0 Å². The van der Waals surface area contributed by atoms with E-state index in [1.807, 2.05) is 0 Å². The Morgan fingerprint density at radius 1 is 0.925 bits per heavy atom. The highest BCUT2D eigenvalue weighted by Crippen LogP contribution is 2.57. The first-order valence-corrected chi connectivity index (χ1v) is 13.8. The third-order valence-electron chi connectivity index (χ3n) is 8.38. The highest BCUT2D eigenvalue weighted by Gasteiger charge is 2.74. The van der Waals surface area contributed by atoms with E-state index in [4.69, 9.17) is 0 Å². The molecule has 0 radical (unpaired) electrons. The minimum absolute atomic E-state index is 0.0484. The fraction of sp³-hybridized carbons (Fsp3) is 0.500. The number of fused-ring (bicyclic) bond motifs is 3. The Kier molecular flexibility index (Phi) is 6.55. The number of likely N-dealkylation sites (tertiary alicyclic amines) is 1. The lowest BCUT2D eigenvalue weighted by Gasteiger charge is -2.44. The minimum atomic E-state index is -6.36. The van der Waals surface area contributed by atoms with Gasteiger partial charge in [0.25, 0.3) is 0 Å². The van der Waals surface area contributed by atoms with Gasteiger partial charge in [0.05, 0.1) is 10.9 Å². The van der Waals surface area contributed by atoms with Crippen LogP contribution in [0.3, 0.4) is 0 Å². The molecule has 0 spiro atoms. The summed E-state index contributed by atoms with van der Waals surface area (Å²) in [7, 11) is -4.56. The van der Waals surface area contributed by atoms with E-state index in [1.54, 1.807) is 0 Å². The molecule has 2 fully saturated rings. The number of amides is 1. The first-order chi connectivity index (χ1) is 18.4. The van der Waals surface area contributed by atoms with E-state index >= 15 is 0 Å². The number of aryl methyl sites for hydroxylation is 1. The molecule has 218 valence electrons. The van der Waals surface area contributed by atoms with Gasteiger partial charge in [0.1, 0.15) is 16.7 Å². The first kappa shape index (κ1) is 28.7. The van der Waals surface area contributed by atoms with Crippen LogP contribution in [0.25, 0.3) is 0 Å². The first-order valence-electron chi connectivity index (χ1n) is 12.4. The van der Waals surface area contributed by atoms with Gasteiger partial charge in [0.15, 0.2) is 9.84 Å². The Hall–Kier alpha value is -2.77. The number of carbonyl (C=O) groups excluding carboxylic acids is 1. The summed E-state index contributed by atoms with van der Waals surface area (Å²) < 4.78 is 149. The molecule has 4 nitrogen and oxygen atoms in total. The average molecular weight is 600 g/mol. The van der Waals surface area contributed by atoms with Crippen molar-refractivity contribution in [2.75, 3.05) is 6.54 Å². The monoisotopic (exact) mass is 599 g/mol. The zero-order valence-electron chi connectivity index (χ0n) is 20.5. The van der Waals surface area contributed by atoms with Crippen molar-refractivity contribution in [1.82, 2.24) is 4.90 Å². The number of carbonyl (C=O) groups is 1. The summed E-state index contributed by atoms with van der Waals surface area (Å²) in [5, 5.41) is 0. The normalized spacial score (nSPS) is 27.1. The van der Waals surface area contributed by atoms with Gasteiger partial charge < -0.3 is 4.90 Å². The van der Waals surface area contributed by atoms with Crippen molar-refractivity contribution in [3.05, 3.63) is 65.0 Å². The lowest BCUT2D eigenvalue weighted by atomic mass is 9.76. The number of sulfone groups is 1. The average Bonchev–Trinajstić information content (AvgIpc) is 3.26. The number of hydrogen-bond donors (Lipinski definition) is 0. The predicted octanol–water partition coefficient (Wildman–Crippen LogP) is 6.08. The summed E-state index contributed by atoms with van der Waals surface area (Å²) in [4.78, 5) is 14.1. The van der Waals surface area contributed by atoms with Crippen molar-refractivity contribution >= 4 is 15.7 Å². The Bertz CT molecular complexity index is 1420. The Morgan fingerprint density at radius 2 is 1.52 bits per heavy atom. The van der Waals surface area contributed by atoms with Gasteiger partial charge in [0, 0.05) is 18.0 Å². The van der Waals surface area contributed by atoms with E-state index in [-0.39, 0.29) is 60.7 Å². The standard InChI is InChI=1S/C26H22F9NO3S/c27-17-3-5-19(6-4-17)40(38,39)23-9-10-36(22(37)15-12-18(28)13-15)21(23)8-1-14-11-16(2-7-20(14)23)24(29,25(30,31)32)26(33,34)35/h2-7,11,15,18,21H,1,8-10,12-13H2/t15?,18?,21-,23-/m1/s1. The molecule has 40 heavy (non-hydrogen) atoms. The molecule has 1 amide bonds. The van der Waals surface area contributed by atoms with Gasteiger partial charge in [-0.25, -0.2) is 21.6 Å². The SMILES string of the molecule is O=C(C1CC(F)C1)N1CC[C@@]2(S(=O)(=O)c3ccc(F)cc3)c3ccc(C(F)(C(F)(F)F)C(F)(F)F)cc3CC[C@@H]12. The van der Waals surface area contributed by atoms with Crippen LogP contribution in [-0.2, 0) is 31.5 Å². The Morgan fingerprint density at radius 3 is 2.08 bits per heavy atom. The molecule has 2 aliphatic carbocycles. The van der Waals surface area contributed by atoms with Crippen molar-refractivity contribution in [3.8, 4) is 0 Å². The van der Waals surface area contributed by atoms with Crippen LogP contribution in [0.1, 0.15) is 42.4 Å². The summed E-state index contributed by atoms with van der Waals surface area (Å²) in [6, 6.07) is 4.02. The molecule has 2 atom stereocenters. The van der Waals surface area contributed by atoms with E-state index in [9.17, 15) is 52.7 Å². The lowest BCUT2D eigenvalue weighted by Crippen LogP contribution is -2.54. The highest BCUT2D eigenvalue weighted by atomic mass is 32.2. The maximum Gasteiger partial charge on any atom is 0.435 e. The summed E-state index contributed by atoms with van der Waals surface area (Å²) in [5.74, 6) is -1.94. The van der Waals surface area contributed by atoms with Crippen LogP contribution in [0.5, 0.6) is 0 Å². The van der Waals surface area contributed by atoms with E-state index in [2.05, 4.69) is 0 Å². The highest BCUT2D eigenvalue weighted by molar-refractivity contribution is 7.92. The molecule has 3 aliphatic rings. The third-order valence-corrected chi connectivity index (χ3v) is 10.9. The maximum atomic E-state index is 14.9. The van der Waals surface area contributed by atoms with Gasteiger partial charge in [-0.05, 0) is 67.5 Å². The molecule has 2 aromatic rings. The van der Waals surface area contributed by atoms with E-state index in [1.165, 1.54) is 4.90 Å². The summed E-state index contributed by atoms with van der Waals surface area (Å²) in [6.07, 6.45) is -14.7. The fourth-order valence-corrected chi connectivity index (χ4v) is 8.67. The van der Waals surface area contributed by atoms with E-state index in [0.717, 1.165) is 30.3 Å². The van der Waals surface area contributed by atoms with Crippen LogP contribution in [0.15, 0.2) is 47.4 Å². The molecular weight excluding hydrogens is 577 g/mol. The maximum absolute atomic E-state index is 14.9. The van der Waals surface area contributed by atoms with Gasteiger partial charge in [-0.15, -0.1) is 0 Å². The molecular formula is C26H22F9NO3S. The van der Waals surface area contributed by atoms with Crippen LogP contribution in [-0.4, -0.2) is 50.3 Å². The number of rotatable bonds is 4. The largest absolute Gasteiger partial charge is 0.435 e. The molecule has 1 saturated heterocycles. The molecule has 2 aromatic carbocycles. The summed E-state index contributed by atoms with van der Waals surface area (Å²) in [6.45, 7) is -0.128. The van der Waals surface area contributed by atoms with Crippen molar-refractivity contribution in [2.45, 2.75) is 72.0 Å². The summed E-state index contributed by atoms with van der Waals surface area (Å²) >= 11 is 0. The van der Waals surface area contributed by atoms with Gasteiger partial charge in [0.2, 0.25) is 5.91 Å². The Labute approximate surface area is 223 Å². The topological polar surface area (TPSA) is 54.5 Å². The second kappa shape index (κ2) is 9.12. The molecule has 0 bridgehead atoms. The molecule has 1 aliphatic heterocycles. The molecule has 14 heteroatoms. The Balaban J connectivity index is 1.68. The molecule has 0 N–H and O–H groups in total. The minimum Gasteiger partial charge on any atom is -0.337 e. The third kappa shape index (κ3) is 3.95. The second-order valence-corrected chi connectivity index (χ2v) is 12.7. The van der Waals surface area contributed by atoms with Crippen molar-refractivity contribution in [3.63, 3.8) is 0 Å². The molecule has 0 aromatic heterocycles.